The van der Waals surface area contributed by atoms with Gasteiger partial charge in [0.05, 0.1) is 13.7 Å². The Hall–Kier alpha value is -2.96. The van der Waals surface area contributed by atoms with E-state index in [1.807, 2.05) is 76.0 Å². The first-order chi connectivity index (χ1) is 15.4. The van der Waals surface area contributed by atoms with Crippen molar-refractivity contribution in [3.05, 3.63) is 53.9 Å². The lowest BCUT2D eigenvalue weighted by molar-refractivity contribution is -0.137. The minimum absolute atomic E-state index is 0.0586. The Morgan fingerprint density at radius 3 is 2.36 bits per heavy atom. The minimum Gasteiger partial charge on any atom is -0.497 e. The second-order valence-corrected chi connectivity index (χ2v) is 10.1. The van der Waals surface area contributed by atoms with Gasteiger partial charge < -0.3 is 24.0 Å². The van der Waals surface area contributed by atoms with E-state index in [1.165, 1.54) is 4.90 Å². The van der Waals surface area contributed by atoms with Gasteiger partial charge in [0, 0.05) is 44.6 Å². The van der Waals surface area contributed by atoms with Gasteiger partial charge in [-0.2, -0.15) is 0 Å². The van der Waals surface area contributed by atoms with Crippen LogP contribution in [0.5, 0.6) is 5.75 Å². The molecule has 7 nitrogen and oxygen atoms in total. The van der Waals surface area contributed by atoms with Crippen molar-refractivity contribution in [2.45, 2.75) is 53.2 Å². The predicted molar refractivity (Wildman–Crippen MR) is 132 cm³/mol. The van der Waals surface area contributed by atoms with Crippen LogP contribution < -0.4 is 4.74 Å². The summed E-state index contributed by atoms with van der Waals surface area (Å²) in [7, 11) is 5.09. The molecule has 182 valence electrons. The largest absolute Gasteiger partial charge is 0.497 e. The summed E-state index contributed by atoms with van der Waals surface area (Å²) in [6.45, 7) is 11.9. The average Bonchev–Trinajstić information content (AvgIpc) is 3.16. The van der Waals surface area contributed by atoms with Gasteiger partial charge in [-0.3, -0.25) is 4.79 Å². The first-order valence-electron chi connectivity index (χ1n) is 11.5. The minimum atomic E-state index is -0.396. The van der Waals surface area contributed by atoms with E-state index in [-0.39, 0.29) is 24.4 Å². The second kappa shape index (κ2) is 11.3. The van der Waals surface area contributed by atoms with E-state index in [9.17, 15) is 9.59 Å². The van der Waals surface area contributed by atoms with Crippen LogP contribution in [0.2, 0.25) is 0 Å². The third-order valence-electron chi connectivity index (χ3n) is 5.41. The van der Waals surface area contributed by atoms with E-state index in [0.29, 0.717) is 19.6 Å². The zero-order valence-electron chi connectivity index (χ0n) is 21.5. The Labute approximate surface area is 198 Å². The van der Waals surface area contributed by atoms with Gasteiger partial charge in [-0.05, 0) is 56.5 Å². The topological polar surface area (TPSA) is 58.0 Å². The highest BCUT2D eigenvalue weighted by molar-refractivity contribution is 5.84. The fourth-order valence-corrected chi connectivity index (χ4v) is 3.76. The highest BCUT2D eigenvalue weighted by atomic mass is 16.5. The third-order valence-corrected chi connectivity index (χ3v) is 5.41. The van der Waals surface area contributed by atoms with Gasteiger partial charge in [0.1, 0.15) is 12.3 Å². The molecule has 0 N–H and O–H groups in total. The van der Waals surface area contributed by atoms with Crippen molar-refractivity contribution in [1.82, 2.24) is 19.3 Å². The second-order valence-electron chi connectivity index (χ2n) is 10.1. The lowest BCUT2D eigenvalue weighted by atomic mass is 10.1. The Balaban J connectivity index is 2.24. The predicted octanol–water partition coefficient (Wildman–Crippen LogP) is 4.31. The van der Waals surface area contributed by atoms with Crippen molar-refractivity contribution in [3.63, 3.8) is 0 Å². The van der Waals surface area contributed by atoms with Crippen LogP contribution in [0.3, 0.4) is 0 Å². The lowest BCUT2D eigenvalue weighted by Gasteiger charge is -2.38. The maximum Gasteiger partial charge on any atom is 0.319 e. The maximum atomic E-state index is 13.5. The fourth-order valence-electron chi connectivity index (χ4n) is 3.76. The van der Waals surface area contributed by atoms with E-state index in [1.54, 1.807) is 26.1 Å². The number of carbonyl (C=O) groups excluding carboxylic acids is 2. The number of urea groups is 1. The molecule has 0 aliphatic heterocycles. The van der Waals surface area contributed by atoms with Gasteiger partial charge in [0.25, 0.3) is 0 Å². The number of amides is 3. The normalized spacial score (nSPS) is 11.4. The first-order valence-corrected chi connectivity index (χ1v) is 11.5. The molecule has 0 radical (unpaired) electrons. The maximum absolute atomic E-state index is 13.5. The number of nitrogens with zero attached hydrogens (tertiary/aromatic N) is 4. The molecule has 1 aromatic carbocycles. The molecule has 0 aliphatic carbocycles. The molecule has 33 heavy (non-hydrogen) atoms. The first kappa shape index (κ1) is 26.3. The van der Waals surface area contributed by atoms with E-state index in [0.717, 1.165) is 17.0 Å². The summed E-state index contributed by atoms with van der Waals surface area (Å²) in [4.78, 5) is 31.2. The number of aromatic nitrogens is 1. The van der Waals surface area contributed by atoms with Crippen LogP contribution in [0.25, 0.3) is 0 Å². The van der Waals surface area contributed by atoms with E-state index in [2.05, 4.69) is 10.6 Å². The van der Waals surface area contributed by atoms with Gasteiger partial charge in [0.15, 0.2) is 0 Å². The van der Waals surface area contributed by atoms with Crippen LogP contribution in [-0.2, 0) is 17.9 Å². The van der Waals surface area contributed by atoms with Crippen molar-refractivity contribution >= 4 is 11.9 Å². The van der Waals surface area contributed by atoms with Crippen LogP contribution in [0.15, 0.2) is 42.6 Å². The molecular weight excluding hydrogens is 416 g/mol. The molecule has 1 heterocycles. The summed E-state index contributed by atoms with van der Waals surface area (Å²) in [5, 5.41) is 0. The smallest absolute Gasteiger partial charge is 0.319 e. The fraction of sp³-hybridized carbons (Fsp3) is 0.538. The van der Waals surface area contributed by atoms with Crippen molar-refractivity contribution in [2.24, 2.45) is 5.92 Å². The third kappa shape index (κ3) is 7.55. The highest BCUT2D eigenvalue weighted by Crippen LogP contribution is 2.21. The van der Waals surface area contributed by atoms with Crippen LogP contribution in [0, 0.1) is 5.92 Å². The van der Waals surface area contributed by atoms with E-state index >= 15 is 0 Å². The molecule has 7 heteroatoms. The summed E-state index contributed by atoms with van der Waals surface area (Å²) in [6.07, 6.45) is 2.03. The Kier molecular flexibility index (Phi) is 8.97. The summed E-state index contributed by atoms with van der Waals surface area (Å²) >= 11 is 0. The molecule has 3 amide bonds. The van der Waals surface area contributed by atoms with Crippen LogP contribution in [0.1, 0.15) is 45.9 Å². The summed E-state index contributed by atoms with van der Waals surface area (Å²) in [5.41, 5.74) is 1.77. The van der Waals surface area contributed by atoms with E-state index < -0.39 is 5.54 Å². The van der Waals surface area contributed by atoms with Crippen molar-refractivity contribution < 1.29 is 14.3 Å². The molecule has 2 rings (SSSR count). The average molecular weight is 457 g/mol. The SMILES string of the molecule is COc1cccc(Cn2cccc2CN(C(=O)CN(CC(C)C)C(=O)N(C)C)C(C)(C)C)c1. The number of rotatable bonds is 9. The number of hydrogen-bond acceptors (Lipinski definition) is 3. The highest BCUT2D eigenvalue weighted by Gasteiger charge is 2.30. The van der Waals surface area contributed by atoms with Crippen LogP contribution >= 0.6 is 0 Å². The standard InChI is InChI=1S/C26H40N4O3/c1-20(2)16-29(25(32)27(6)7)19-24(31)30(26(3,4)5)18-22-12-10-14-28(22)17-21-11-9-13-23(15-21)33-8/h9-15,20H,16-19H2,1-8H3. The van der Waals surface area contributed by atoms with Gasteiger partial charge in [-0.1, -0.05) is 26.0 Å². The summed E-state index contributed by atoms with van der Waals surface area (Å²) < 4.78 is 7.50. The molecule has 0 bridgehead atoms. The quantitative estimate of drug-likeness (QED) is 0.565. The summed E-state index contributed by atoms with van der Waals surface area (Å²) in [5.74, 6) is 1.03. The van der Waals surface area contributed by atoms with Gasteiger partial charge in [-0.15, -0.1) is 0 Å². The van der Waals surface area contributed by atoms with Crippen molar-refractivity contribution in [2.75, 3.05) is 34.3 Å². The number of hydrogen-bond donors (Lipinski definition) is 0. The van der Waals surface area contributed by atoms with Gasteiger partial charge >= 0.3 is 6.03 Å². The van der Waals surface area contributed by atoms with Crippen molar-refractivity contribution in [3.8, 4) is 5.75 Å². The number of methoxy groups -OCH3 is 1. The van der Waals surface area contributed by atoms with Gasteiger partial charge in [-0.25, -0.2) is 4.79 Å². The molecule has 1 aromatic heterocycles. The molecule has 0 fully saturated rings. The Bertz CT molecular complexity index is 928. The molecule has 0 aliphatic rings. The number of ether oxygens (including phenoxy) is 1. The molecule has 0 atom stereocenters. The molecule has 0 unspecified atom stereocenters. The van der Waals surface area contributed by atoms with E-state index in [4.69, 9.17) is 4.74 Å². The Morgan fingerprint density at radius 1 is 1.09 bits per heavy atom. The van der Waals surface area contributed by atoms with Crippen LogP contribution in [0.4, 0.5) is 4.79 Å². The zero-order chi connectivity index (χ0) is 24.8. The summed E-state index contributed by atoms with van der Waals surface area (Å²) in [6, 6.07) is 11.9. The molecule has 0 saturated carbocycles. The lowest BCUT2D eigenvalue weighted by Crippen LogP contribution is -2.52. The Morgan fingerprint density at radius 2 is 1.79 bits per heavy atom. The van der Waals surface area contributed by atoms with Crippen molar-refractivity contribution in [1.29, 1.82) is 0 Å². The molecule has 0 saturated heterocycles. The molecular formula is C26H40N4O3. The number of benzene rings is 1. The van der Waals surface area contributed by atoms with Crippen LogP contribution in [-0.4, -0.2) is 71.0 Å². The zero-order valence-corrected chi connectivity index (χ0v) is 21.5. The number of carbonyl (C=O) groups is 2. The van der Waals surface area contributed by atoms with Gasteiger partial charge in [0.2, 0.25) is 5.91 Å². The monoisotopic (exact) mass is 456 g/mol. The molecule has 2 aromatic rings. The molecule has 0 spiro atoms.